The molecular formula is C33H33F4N3O4. The molecule has 44 heavy (non-hydrogen) atoms. The highest BCUT2D eigenvalue weighted by atomic mass is 19.4. The number of pyridine rings is 1. The van der Waals surface area contributed by atoms with E-state index in [0.717, 1.165) is 11.6 Å². The summed E-state index contributed by atoms with van der Waals surface area (Å²) in [6.45, 7) is 2.65. The maximum absolute atomic E-state index is 15.1. The molecule has 1 N–H and O–H groups in total. The number of alkyl halides is 3. The first-order valence-electron chi connectivity index (χ1n) is 13.8. The smallest absolute Gasteiger partial charge is 0.416 e. The minimum absolute atomic E-state index is 0.0206. The highest BCUT2D eigenvalue weighted by Gasteiger charge is 2.33. The van der Waals surface area contributed by atoms with Gasteiger partial charge >= 0.3 is 6.18 Å². The molecule has 3 aromatic carbocycles. The molecule has 1 heterocycles. The molecule has 0 atom stereocenters. The predicted molar refractivity (Wildman–Crippen MR) is 159 cm³/mol. The second kappa shape index (κ2) is 14.2. The fourth-order valence-electron chi connectivity index (χ4n) is 4.53. The van der Waals surface area contributed by atoms with E-state index in [2.05, 4.69) is 10.3 Å². The van der Waals surface area contributed by atoms with E-state index in [1.165, 1.54) is 24.3 Å². The first kappa shape index (κ1) is 32.3. The van der Waals surface area contributed by atoms with Gasteiger partial charge in [0.2, 0.25) is 5.91 Å². The largest absolute Gasteiger partial charge is 0.497 e. The average Bonchev–Trinajstić information content (AvgIpc) is 2.97. The van der Waals surface area contributed by atoms with Crippen LogP contribution in [-0.2, 0) is 30.5 Å². The van der Waals surface area contributed by atoms with Crippen molar-refractivity contribution in [2.75, 3.05) is 33.1 Å². The van der Waals surface area contributed by atoms with Gasteiger partial charge in [0.15, 0.2) is 0 Å². The number of aromatic nitrogens is 1. The number of methoxy groups -OCH3 is 1. The van der Waals surface area contributed by atoms with Gasteiger partial charge in [-0.25, -0.2) is 4.39 Å². The third-order valence-electron chi connectivity index (χ3n) is 6.60. The van der Waals surface area contributed by atoms with Gasteiger partial charge in [-0.3, -0.25) is 9.78 Å². The van der Waals surface area contributed by atoms with E-state index in [1.54, 1.807) is 56.7 Å². The Hall–Kier alpha value is -4.64. The van der Waals surface area contributed by atoms with Crippen molar-refractivity contribution in [1.82, 2.24) is 9.88 Å². The molecule has 1 amide bonds. The summed E-state index contributed by atoms with van der Waals surface area (Å²) in [6, 6.07) is 15.2. The number of nitrogens with zero attached hydrogens (tertiary/aromatic N) is 2. The Morgan fingerprint density at radius 2 is 1.64 bits per heavy atom. The molecule has 0 bridgehead atoms. The summed E-state index contributed by atoms with van der Waals surface area (Å²) in [4.78, 5) is 18.5. The van der Waals surface area contributed by atoms with Crippen molar-refractivity contribution in [1.29, 1.82) is 0 Å². The molecule has 0 saturated carbocycles. The Morgan fingerprint density at radius 1 is 0.886 bits per heavy atom. The molecule has 0 saturated heterocycles. The molecular weight excluding hydrogens is 578 g/mol. The van der Waals surface area contributed by atoms with Gasteiger partial charge in [-0.05, 0) is 74.1 Å². The molecule has 0 spiro atoms. The molecule has 7 nitrogen and oxygen atoms in total. The molecule has 0 unspecified atom stereocenters. The highest BCUT2D eigenvalue weighted by molar-refractivity contribution is 5.92. The number of halogens is 4. The minimum atomic E-state index is -4.59. The summed E-state index contributed by atoms with van der Waals surface area (Å²) in [5, 5.41) is 2.45. The van der Waals surface area contributed by atoms with Crippen LogP contribution in [0.1, 0.15) is 29.2 Å². The Balaban J connectivity index is 1.43. The van der Waals surface area contributed by atoms with Crippen molar-refractivity contribution in [2.45, 2.75) is 32.7 Å². The molecule has 0 radical (unpaired) electrons. The topological polar surface area (TPSA) is 72.9 Å². The predicted octanol–water partition coefficient (Wildman–Crippen LogP) is 7.14. The van der Waals surface area contributed by atoms with Crippen LogP contribution >= 0.6 is 0 Å². The number of nitrogens with one attached hydrogen (secondary N) is 1. The van der Waals surface area contributed by atoms with Gasteiger partial charge in [0.05, 0.1) is 31.9 Å². The van der Waals surface area contributed by atoms with Gasteiger partial charge in [0.25, 0.3) is 0 Å². The van der Waals surface area contributed by atoms with Gasteiger partial charge in [-0.15, -0.1) is 0 Å². The SMILES string of the molecule is CCOc1cc(OC)ccc1COc1cncc(-c2ccc(CC(=O)Nc3ccc(CN(C)C)c(C(F)(F)F)c3)c(F)c2)c1. The maximum atomic E-state index is 15.1. The Kier molecular flexibility index (Phi) is 10.4. The maximum Gasteiger partial charge on any atom is 0.416 e. The molecule has 4 rings (SSSR count). The van der Waals surface area contributed by atoms with Gasteiger partial charge in [0, 0.05) is 35.6 Å². The van der Waals surface area contributed by atoms with E-state index in [1.807, 2.05) is 19.1 Å². The lowest BCUT2D eigenvalue weighted by atomic mass is 10.0. The Labute approximate surface area is 253 Å². The fourth-order valence-corrected chi connectivity index (χ4v) is 4.53. The molecule has 1 aromatic heterocycles. The van der Waals surface area contributed by atoms with E-state index in [-0.39, 0.29) is 36.4 Å². The second-order valence-electron chi connectivity index (χ2n) is 10.2. The van der Waals surface area contributed by atoms with E-state index in [4.69, 9.17) is 14.2 Å². The Bertz CT molecular complexity index is 1610. The molecule has 11 heteroatoms. The van der Waals surface area contributed by atoms with Crippen molar-refractivity contribution in [3.05, 3.63) is 101 Å². The van der Waals surface area contributed by atoms with Crippen molar-refractivity contribution >= 4 is 11.6 Å². The number of rotatable bonds is 12. The molecule has 4 aromatic rings. The van der Waals surface area contributed by atoms with E-state index < -0.39 is 23.5 Å². The zero-order valence-electron chi connectivity index (χ0n) is 24.8. The number of hydrogen-bond acceptors (Lipinski definition) is 6. The van der Waals surface area contributed by atoms with Crippen LogP contribution in [0.25, 0.3) is 11.1 Å². The number of ether oxygens (including phenoxy) is 3. The lowest BCUT2D eigenvalue weighted by Gasteiger charge is -2.18. The number of carbonyl (C=O) groups excluding carboxylic acids is 1. The van der Waals surface area contributed by atoms with Crippen LogP contribution in [0.2, 0.25) is 0 Å². The standard InChI is InChI=1S/C33H33F4N3O4/c1-5-43-31-16-27(42-4)11-9-24(31)20-44-28-12-25(17-38-18-28)21-6-7-22(30(34)13-21)14-32(41)39-26-10-8-23(19-40(2)3)29(15-26)33(35,36)37/h6-13,15-18H,5,14,19-20H2,1-4H3,(H,39,41). The lowest BCUT2D eigenvalue weighted by Crippen LogP contribution is -2.19. The van der Waals surface area contributed by atoms with Gasteiger partial charge in [-0.2, -0.15) is 13.2 Å². The van der Waals surface area contributed by atoms with Crippen LogP contribution < -0.4 is 19.5 Å². The van der Waals surface area contributed by atoms with Crippen molar-refractivity contribution in [2.24, 2.45) is 0 Å². The second-order valence-corrected chi connectivity index (χ2v) is 10.2. The van der Waals surface area contributed by atoms with E-state index in [9.17, 15) is 18.0 Å². The summed E-state index contributed by atoms with van der Waals surface area (Å²) < 4.78 is 72.8. The molecule has 0 aliphatic carbocycles. The Morgan fingerprint density at radius 3 is 2.32 bits per heavy atom. The van der Waals surface area contributed by atoms with Crippen LogP contribution in [0.3, 0.4) is 0 Å². The number of amides is 1. The fraction of sp³-hybridized carbons (Fsp3) is 0.273. The summed E-state index contributed by atoms with van der Waals surface area (Å²) in [5.74, 6) is 0.473. The van der Waals surface area contributed by atoms with Crippen molar-refractivity contribution < 1.29 is 36.6 Å². The zero-order valence-corrected chi connectivity index (χ0v) is 24.8. The van der Waals surface area contributed by atoms with Crippen molar-refractivity contribution in [3.8, 4) is 28.4 Å². The molecule has 0 fully saturated rings. The first-order chi connectivity index (χ1) is 21.0. The summed E-state index contributed by atoms with van der Waals surface area (Å²) in [6.07, 6.45) is -1.85. The van der Waals surface area contributed by atoms with Gasteiger partial charge in [0.1, 0.15) is 29.7 Å². The van der Waals surface area contributed by atoms with Gasteiger partial charge < -0.3 is 24.4 Å². The monoisotopic (exact) mass is 611 g/mol. The zero-order chi connectivity index (χ0) is 31.9. The summed E-state index contributed by atoms with van der Waals surface area (Å²) in [5.41, 5.74) is 1.23. The number of hydrogen-bond donors (Lipinski definition) is 1. The van der Waals surface area contributed by atoms with E-state index >= 15 is 4.39 Å². The lowest BCUT2D eigenvalue weighted by molar-refractivity contribution is -0.138. The first-order valence-corrected chi connectivity index (χ1v) is 13.8. The summed E-state index contributed by atoms with van der Waals surface area (Å²) >= 11 is 0. The molecule has 0 aliphatic rings. The highest BCUT2D eigenvalue weighted by Crippen LogP contribution is 2.34. The number of carbonyl (C=O) groups is 1. The average molecular weight is 612 g/mol. The van der Waals surface area contributed by atoms with Crippen LogP contribution in [0.5, 0.6) is 17.2 Å². The van der Waals surface area contributed by atoms with Crippen LogP contribution in [-0.4, -0.2) is 43.6 Å². The normalized spacial score (nSPS) is 11.4. The number of anilines is 1. The van der Waals surface area contributed by atoms with Crippen LogP contribution in [0, 0.1) is 5.82 Å². The minimum Gasteiger partial charge on any atom is -0.497 e. The van der Waals surface area contributed by atoms with E-state index in [0.29, 0.717) is 35.0 Å². The van der Waals surface area contributed by atoms with Gasteiger partial charge in [-0.1, -0.05) is 18.2 Å². The third-order valence-corrected chi connectivity index (χ3v) is 6.60. The molecule has 0 aliphatic heterocycles. The third kappa shape index (κ3) is 8.47. The van der Waals surface area contributed by atoms with Crippen molar-refractivity contribution in [3.63, 3.8) is 0 Å². The van der Waals surface area contributed by atoms with Crippen LogP contribution in [0.4, 0.5) is 23.2 Å². The quantitative estimate of drug-likeness (QED) is 0.172. The molecule has 232 valence electrons. The number of benzene rings is 3. The van der Waals surface area contributed by atoms with Crippen LogP contribution in [0.15, 0.2) is 73.1 Å². The summed E-state index contributed by atoms with van der Waals surface area (Å²) in [7, 11) is 4.91.